The zero-order chi connectivity index (χ0) is 28.7. The summed E-state index contributed by atoms with van der Waals surface area (Å²) in [6.45, 7) is 5.07. The number of hydrogen-bond donors (Lipinski definition) is 1. The SMILES string of the molecule is Cc1ccc(S(=O)(=O)N(CC(=O)NCc2ccc(CN3CCCC3)cc2)c2ccc(Oc3ccccc3)cc2)cc1. The van der Waals surface area contributed by atoms with Gasteiger partial charge in [-0.25, -0.2) is 8.42 Å². The van der Waals surface area contributed by atoms with Crippen molar-refractivity contribution in [2.24, 2.45) is 0 Å². The van der Waals surface area contributed by atoms with E-state index in [1.807, 2.05) is 49.4 Å². The summed E-state index contributed by atoms with van der Waals surface area (Å²) < 4.78 is 34.4. The summed E-state index contributed by atoms with van der Waals surface area (Å²) in [5.41, 5.74) is 3.52. The standard InChI is InChI=1S/C33H35N3O4S/c1-26-9-19-32(20-10-26)41(38,39)36(29-15-17-31(18-16-29)40-30-7-3-2-4-8-30)25-33(37)34-23-27-11-13-28(14-12-27)24-35-21-5-6-22-35/h2-4,7-20H,5-6,21-25H2,1H3,(H,34,37). The highest BCUT2D eigenvalue weighted by molar-refractivity contribution is 7.92. The Morgan fingerprint density at radius 3 is 2.07 bits per heavy atom. The molecule has 0 atom stereocenters. The van der Waals surface area contributed by atoms with Crippen molar-refractivity contribution in [1.82, 2.24) is 10.2 Å². The minimum atomic E-state index is -4.01. The number of para-hydroxylation sites is 1. The Hall–Kier alpha value is -4.14. The molecular formula is C33H35N3O4S. The Morgan fingerprint density at radius 2 is 1.41 bits per heavy atom. The molecule has 0 radical (unpaired) electrons. The number of amides is 1. The second kappa shape index (κ2) is 13.0. The average Bonchev–Trinajstić information content (AvgIpc) is 3.50. The molecule has 8 heteroatoms. The number of rotatable bonds is 11. The van der Waals surface area contributed by atoms with Crippen LogP contribution in [0.2, 0.25) is 0 Å². The van der Waals surface area contributed by atoms with E-state index in [2.05, 4.69) is 22.3 Å². The number of nitrogens with zero attached hydrogens (tertiary/aromatic N) is 2. The first-order valence-electron chi connectivity index (χ1n) is 13.9. The van der Waals surface area contributed by atoms with Gasteiger partial charge in [-0.15, -0.1) is 0 Å². The molecule has 4 aromatic rings. The summed E-state index contributed by atoms with van der Waals surface area (Å²) >= 11 is 0. The van der Waals surface area contributed by atoms with E-state index >= 15 is 0 Å². The summed E-state index contributed by atoms with van der Waals surface area (Å²) in [6.07, 6.45) is 2.51. The molecular weight excluding hydrogens is 534 g/mol. The van der Waals surface area contributed by atoms with Crippen LogP contribution in [0.15, 0.2) is 108 Å². The smallest absolute Gasteiger partial charge is 0.264 e. The average molecular weight is 570 g/mol. The second-order valence-electron chi connectivity index (χ2n) is 10.3. The van der Waals surface area contributed by atoms with Gasteiger partial charge in [0.1, 0.15) is 18.0 Å². The molecule has 0 bridgehead atoms. The van der Waals surface area contributed by atoms with Gasteiger partial charge in [0.05, 0.1) is 10.6 Å². The quantitative estimate of drug-likeness (QED) is 0.244. The summed E-state index contributed by atoms with van der Waals surface area (Å²) in [5, 5.41) is 2.89. The van der Waals surface area contributed by atoms with Gasteiger partial charge in [0.15, 0.2) is 0 Å². The van der Waals surface area contributed by atoms with Crippen LogP contribution in [-0.4, -0.2) is 38.9 Å². The third kappa shape index (κ3) is 7.54. The van der Waals surface area contributed by atoms with Crippen molar-refractivity contribution in [1.29, 1.82) is 0 Å². The van der Waals surface area contributed by atoms with Crippen LogP contribution in [0.1, 0.15) is 29.5 Å². The van der Waals surface area contributed by atoms with Gasteiger partial charge < -0.3 is 10.1 Å². The van der Waals surface area contributed by atoms with Crippen LogP contribution in [0.5, 0.6) is 11.5 Å². The molecule has 1 aliphatic heterocycles. The van der Waals surface area contributed by atoms with Gasteiger partial charge >= 0.3 is 0 Å². The van der Waals surface area contributed by atoms with Crippen LogP contribution >= 0.6 is 0 Å². The van der Waals surface area contributed by atoms with Gasteiger partial charge in [0, 0.05) is 13.1 Å². The van der Waals surface area contributed by atoms with Gasteiger partial charge in [0.2, 0.25) is 5.91 Å². The normalized spacial score (nSPS) is 13.6. The van der Waals surface area contributed by atoms with Gasteiger partial charge in [-0.05, 0) is 92.5 Å². The molecule has 0 unspecified atom stereocenters. The Kier molecular flexibility index (Phi) is 9.01. The molecule has 0 saturated carbocycles. The predicted octanol–water partition coefficient (Wildman–Crippen LogP) is 5.89. The van der Waals surface area contributed by atoms with Crippen molar-refractivity contribution in [2.45, 2.75) is 37.8 Å². The third-order valence-electron chi connectivity index (χ3n) is 7.12. The topological polar surface area (TPSA) is 79.0 Å². The fourth-order valence-electron chi connectivity index (χ4n) is 4.81. The maximum atomic E-state index is 13.7. The lowest BCUT2D eigenvalue weighted by Gasteiger charge is -2.24. The van der Waals surface area contributed by atoms with E-state index in [0.29, 0.717) is 23.7 Å². The lowest BCUT2D eigenvalue weighted by molar-refractivity contribution is -0.119. The second-order valence-corrected chi connectivity index (χ2v) is 12.2. The summed E-state index contributed by atoms with van der Waals surface area (Å²) in [7, 11) is -4.01. The number of likely N-dealkylation sites (tertiary alicyclic amines) is 1. The van der Waals surface area contributed by atoms with Gasteiger partial charge in [-0.3, -0.25) is 14.0 Å². The molecule has 1 amide bonds. The Labute approximate surface area is 242 Å². The molecule has 0 spiro atoms. The van der Waals surface area contributed by atoms with Crippen LogP contribution in [0.4, 0.5) is 5.69 Å². The first kappa shape index (κ1) is 28.4. The Bertz CT molecular complexity index is 1530. The highest BCUT2D eigenvalue weighted by Crippen LogP contribution is 2.28. The molecule has 212 valence electrons. The van der Waals surface area contributed by atoms with Crippen LogP contribution in [0.3, 0.4) is 0 Å². The maximum Gasteiger partial charge on any atom is 0.264 e. The number of benzene rings is 4. The van der Waals surface area contributed by atoms with Crippen LogP contribution in [0, 0.1) is 6.92 Å². The monoisotopic (exact) mass is 569 g/mol. The van der Waals surface area contributed by atoms with E-state index in [4.69, 9.17) is 4.74 Å². The van der Waals surface area contributed by atoms with Crippen molar-refractivity contribution in [2.75, 3.05) is 23.9 Å². The highest BCUT2D eigenvalue weighted by atomic mass is 32.2. The number of aryl methyl sites for hydroxylation is 1. The summed E-state index contributed by atoms with van der Waals surface area (Å²) in [5.74, 6) is 0.838. The summed E-state index contributed by atoms with van der Waals surface area (Å²) in [6, 6.07) is 30.8. The van der Waals surface area contributed by atoms with E-state index in [9.17, 15) is 13.2 Å². The maximum absolute atomic E-state index is 13.7. The minimum absolute atomic E-state index is 0.120. The van der Waals surface area contributed by atoms with Crippen molar-refractivity contribution in [3.05, 3.63) is 120 Å². The number of anilines is 1. The van der Waals surface area contributed by atoms with E-state index in [1.54, 1.807) is 48.5 Å². The molecule has 0 aliphatic carbocycles. The van der Waals surface area contributed by atoms with Crippen LogP contribution in [0.25, 0.3) is 0 Å². The number of hydrogen-bond acceptors (Lipinski definition) is 5. The number of nitrogens with one attached hydrogen (secondary N) is 1. The van der Waals surface area contributed by atoms with Crippen LogP contribution in [-0.2, 0) is 27.9 Å². The molecule has 0 aromatic heterocycles. The number of carbonyl (C=O) groups excluding carboxylic acids is 1. The minimum Gasteiger partial charge on any atom is -0.457 e. The molecule has 1 saturated heterocycles. The molecule has 1 heterocycles. The first-order chi connectivity index (χ1) is 19.9. The van der Waals surface area contributed by atoms with Crippen molar-refractivity contribution < 1.29 is 17.9 Å². The van der Waals surface area contributed by atoms with E-state index in [0.717, 1.165) is 35.1 Å². The number of ether oxygens (including phenoxy) is 1. The Morgan fingerprint density at radius 1 is 0.805 bits per heavy atom. The Balaban J connectivity index is 1.29. The highest BCUT2D eigenvalue weighted by Gasteiger charge is 2.27. The lowest BCUT2D eigenvalue weighted by Crippen LogP contribution is -2.40. The van der Waals surface area contributed by atoms with Gasteiger partial charge in [0.25, 0.3) is 10.0 Å². The molecule has 7 nitrogen and oxygen atoms in total. The predicted molar refractivity (Wildman–Crippen MR) is 161 cm³/mol. The van der Waals surface area contributed by atoms with Crippen molar-refractivity contribution >= 4 is 21.6 Å². The van der Waals surface area contributed by atoms with E-state index in [1.165, 1.54) is 18.4 Å². The summed E-state index contributed by atoms with van der Waals surface area (Å²) in [4.78, 5) is 15.7. The molecule has 1 N–H and O–H groups in total. The zero-order valence-electron chi connectivity index (χ0n) is 23.2. The van der Waals surface area contributed by atoms with Crippen molar-refractivity contribution in [3.63, 3.8) is 0 Å². The first-order valence-corrected chi connectivity index (χ1v) is 15.3. The molecule has 4 aromatic carbocycles. The molecule has 1 fully saturated rings. The molecule has 5 rings (SSSR count). The fourth-order valence-corrected chi connectivity index (χ4v) is 6.23. The fraction of sp³-hybridized carbons (Fsp3) is 0.242. The number of carbonyl (C=O) groups is 1. The van der Waals surface area contributed by atoms with Crippen molar-refractivity contribution in [3.8, 4) is 11.5 Å². The lowest BCUT2D eigenvalue weighted by atomic mass is 10.1. The van der Waals surface area contributed by atoms with Gasteiger partial charge in [-0.2, -0.15) is 0 Å². The van der Waals surface area contributed by atoms with E-state index < -0.39 is 15.9 Å². The zero-order valence-corrected chi connectivity index (χ0v) is 24.0. The molecule has 41 heavy (non-hydrogen) atoms. The number of sulfonamides is 1. The molecule has 1 aliphatic rings. The van der Waals surface area contributed by atoms with Crippen LogP contribution < -0.4 is 14.4 Å². The van der Waals surface area contributed by atoms with Gasteiger partial charge in [-0.1, -0.05) is 60.2 Å². The third-order valence-corrected chi connectivity index (χ3v) is 8.91. The van der Waals surface area contributed by atoms with E-state index in [-0.39, 0.29) is 11.4 Å². The largest absolute Gasteiger partial charge is 0.457 e.